The molecule has 0 saturated heterocycles. The molecule has 7 heteroatoms. The number of aromatic nitrogens is 2. The van der Waals surface area contributed by atoms with Crippen LogP contribution in [0.2, 0.25) is 0 Å². The predicted octanol–water partition coefficient (Wildman–Crippen LogP) is 5.63. The van der Waals surface area contributed by atoms with E-state index in [0.29, 0.717) is 45.7 Å². The molecule has 0 aliphatic rings. The molecule has 0 amide bonds. The van der Waals surface area contributed by atoms with Gasteiger partial charge in [0.1, 0.15) is 22.9 Å². The third-order valence-electron chi connectivity index (χ3n) is 6.21. The number of methoxy groups -OCH3 is 5. The molecule has 2 heterocycles. The summed E-state index contributed by atoms with van der Waals surface area (Å²) in [6.45, 7) is 0. The number of rotatable bonds is 5. The molecule has 198 valence electrons. The van der Waals surface area contributed by atoms with Crippen LogP contribution in [-0.4, -0.2) is 45.5 Å². The lowest BCUT2D eigenvalue weighted by Crippen LogP contribution is -1.95. The predicted molar refractivity (Wildman–Crippen MR) is 155 cm³/mol. The molecule has 0 radical (unpaired) electrons. The molecule has 0 N–H and O–H groups in total. The number of ether oxygens (including phenoxy) is 5. The summed E-state index contributed by atoms with van der Waals surface area (Å²) in [5.74, 6) is 15.5. The highest BCUT2D eigenvalue weighted by atomic mass is 16.5. The second-order valence-electron chi connectivity index (χ2n) is 8.62. The molecule has 0 aliphatic carbocycles. The molecular formula is C33H26N2O5. The van der Waals surface area contributed by atoms with E-state index in [4.69, 9.17) is 33.7 Å². The SMILES string of the molecule is COc1cc(C#Cc2ccc3ccc4ccc(C#Cc5cc(OC)c(OC)c(OC)c5)nc4c3n2)cc(OC)c1. The van der Waals surface area contributed by atoms with E-state index in [2.05, 4.69) is 23.7 Å². The Morgan fingerprint density at radius 1 is 0.475 bits per heavy atom. The molecule has 0 aliphatic heterocycles. The second-order valence-corrected chi connectivity index (χ2v) is 8.62. The lowest BCUT2D eigenvalue weighted by molar-refractivity contribution is 0.324. The molecule has 5 rings (SSSR count). The standard InChI is InChI=1S/C33H26N2O5/c1-36-27-16-21(17-28(20-27)37-2)6-12-25-14-10-23-8-9-24-11-15-26(35-32(24)31(23)34-25)13-7-22-18-29(38-3)33(40-5)30(19-22)39-4/h8-11,14-20H,1-5H3. The fourth-order valence-electron chi connectivity index (χ4n) is 4.21. The topological polar surface area (TPSA) is 71.9 Å². The maximum Gasteiger partial charge on any atom is 0.203 e. The van der Waals surface area contributed by atoms with Gasteiger partial charge in [-0.1, -0.05) is 24.0 Å². The normalized spacial score (nSPS) is 10.2. The van der Waals surface area contributed by atoms with Crippen LogP contribution in [0.1, 0.15) is 22.5 Å². The van der Waals surface area contributed by atoms with E-state index in [0.717, 1.165) is 27.4 Å². The zero-order valence-corrected chi connectivity index (χ0v) is 22.8. The van der Waals surface area contributed by atoms with E-state index in [-0.39, 0.29) is 0 Å². The second kappa shape index (κ2) is 11.6. The van der Waals surface area contributed by atoms with Gasteiger partial charge in [-0.2, -0.15) is 0 Å². The van der Waals surface area contributed by atoms with Crippen molar-refractivity contribution in [2.45, 2.75) is 0 Å². The van der Waals surface area contributed by atoms with Crippen molar-refractivity contribution in [2.24, 2.45) is 0 Å². The summed E-state index contributed by atoms with van der Waals surface area (Å²) in [5, 5.41) is 1.92. The fraction of sp³-hybridized carbons (Fsp3) is 0.152. The summed E-state index contributed by atoms with van der Waals surface area (Å²) in [5.41, 5.74) is 4.20. The van der Waals surface area contributed by atoms with Crippen molar-refractivity contribution < 1.29 is 23.7 Å². The van der Waals surface area contributed by atoms with Crippen molar-refractivity contribution in [3.63, 3.8) is 0 Å². The van der Waals surface area contributed by atoms with E-state index in [9.17, 15) is 0 Å². The minimum atomic E-state index is 0.515. The van der Waals surface area contributed by atoms with Crippen molar-refractivity contribution in [1.82, 2.24) is 9.97 Å². The van der Waals surface area contributed by atoms with Gasteiger partial charge in [-0.3, -0.25) is 0 Å². The Morgan fingerprint density at radius 2 is 0.925 bits per heavy atom. The van der Waals surface area contributed by atoms with Gasteiger partial charge < -0.3 is 23.7 Å². The molecule has 7 nitrogen and oxygen atoms in total. The minimum Gasteiger partial charge on any atom is -0.497 e. The Bertz CT molecular complexity index is 1810. The highest BCUT2D eigenvalue weighted by molar-refractivity contribution is 6.03. The van der Waals surface area contributed by atoms with Crippen molar-refractivity contribution >= 4 is 21.8 Å². The number of hydrogen-bond donors (Lipinski definition) is 0. The first-order valence-corrected chi connectivity index (χ1v) is 12.3. The smallest absolute Gasteiger partial charge is 0.203 e. The largest absolute Gasteiger partial charge is 0.497 e. The molecule has 0 atom stereocenters. The Balaban J connectivity index is 1.54. The van der Waals surface area contributed by atoms with Crippen LogP contribution >= 0.6 is 0 Å². The maximum absolute atomic E-state index is 5.44. The lowest BCUT2D eigenvalue weighted by Gasteiger charge is -2.12. The Hall–Kier alpha value is -5.40. The summed E-state index contributed by atoms with van der Waals surface area (Å²) in [6, 6.07) is 20.9. The highest BCUT2D eigenvalue weighted by Gasteiger charge is 2.12. The molecule has 2 aromatic heterocycles. The molecule has 0 fully saturated rings. The molecular weight excluding hydrogens is 504 g/mol. The number of nitrogens with zero attached hydrogens (tertiary/aromatic N) is 2. The van der Waals surface area contributed by atoms with Crippen LogP contribution in [0.15, 0.2) is 66.7 Å². The van der Waals surface area contributed by atoms with Gasteiger partial charge in [0.25, 0.3) is 0 Å². The number of hydrogen-bond acceptors (Lipinski definition) is 7. The summed E-state index contributed by atoms with van der Waals surface area (Å²) in [6.07, 6.45) is 0. The highest BCUT2D eigenvalue weighted by Crippen LogP contribution is 2.38. The van der Waals surface area contributed by atoms with Crippen molar-refractivity contribution in [2.75, 3.05) is 35.5 Å². The molecule has 40 heavy (non-hydrogen) atoms. The van der Waals surface area contributed by atoms with Crippen LogP contribution < -0.4 is 23.7 Å². The zero-order valence-electron chi connectivity index (χ0n) is 22.8. The van der Waals surface area contributed by atoms with Gasteiger partial charge in [-0.05, 0) is 60.4 Å². The van der Waals surface area contributed by atoms with Gasteiger partial charge in [0.15, 0.2) is 11.5 Å². The lowest BCUT2D eigenvalue weighted by atomic mass is 10.1. The van der Waals surface area contributed by atoms with Crippen LogP contribution in [0.25, 0.3) is 21.8 Å². The average Bonchev–Trinajstić information content (AvgIpc) is 3.01. The Morgan fingerprint density at radius 3 is 1.35 bits per heavy atom. The number of benzene rings is 3. The van der Waals surface area contributed by atoms with E-state index < -0.39 is 0 Å². The summed E-state index contributed by atoms with van der Waals surface area (Å²) >= 11 is 0. The summed E-state index contributed by atoms with van der Waals surface area (Å²) in [4.78, 5) is 9.67. The molecule has 0 saturated carbocycles. The third kappa shape index (κ3) is 5.41. The summed E-state index contributed by atoms with van der Waals surface area (Å²) in [7, 11) is 7.93. The van der Waals surface area contributed by atoms with E-state index >= 15 is 0 Å². The van der Waals surface area contributed by atoms with Gasteiger partial charge in [0, 0.05) is 28.0 Å². The van der Waals surface area contributed by atoms with Crippen LogP contribution in [0.3, 0.4) is 0 Å². The first-order valence-electron chi connectivity index (χ1n) is 12.3. The van der Waals surface area contributed by atoms with Crippen molar-refractivity contribution in [3.8, 4) is 52.4 Å². The summed E-state index contributed by atoms with van der Waals surface area (Å²) < 4.78 is 27.0. The Labute approximate surface area is 232 Å². The van der Waals surface area contributed by atoms with Crippen molar-refractivity contribution in [1.29, 1.82) is 0 Å². The van der Waals surface area contributed by atoms with Crippen LogP contribution in [0, 0.1) is 23.7 Å². The van der Waals surface area contributed by atoms with E-state index in [1.54, 1.807) is 53.7 Å². The van der Waals surface area contributed by atoms with Gasteiger partial charge in [0.2, 0.25) is 5.75 Å². The van der Waals surface area contributed by atoms with Gasteiger partial charge >= 0.3 is 0 Å². The molecule has 0 spiro atoms. The molecule has 3 aromatic carbocycles. The Kier molecular flexibility index (Phi) is 7.57. The first-order chi connectivity index (χ1) is 19.5. The van der Waals surface area contributed by atoms with Gasteiger partial charge in [-0.15, -0.1) is 0 Å². The maximum atomic E-state index is 5.44. The third-order valence-corrected chi connectivity index (χ3v) is 6.21. The van der Waals surface area contributed by atoms with Gasteiger partial charge in [-0.25, -0.2) is 9.97 Å². The van der Waals surface area contributed by atoms with Gasteiger partial charge in [0.05, 0.1) is 46.6 Å². The zero-order chi connectivity index (χ0) is 28.1. The number of fused-ring (bicyclic) bond motifs is 3. The minimum absolute atomic E-state index is 0.515. The number of pyridine rings is 2. The van der Waals surface area contributed by atoms with Crippen LogP contribution in [0.4, 0.5) is 0 Å². The van der Waals surface area contributed by atoms with Crippen LogP contribution in [0.5, 0.6) is 28.7 Å². The molecule has 0 bridgehead atoms. The quantitative estimate of drug-likeness (QED) is 0.216. The molecule has 5 aromatic rings. The van der Waals surface area contributed by atoms with Crippen LogP contribution in [-0.2, 0) is 0 Å². The van der Waals surface area contributed by atoms with E-state index in [1.165, 1.54) is 0 Å². The fourth-order valence-corrected chi connectivity index (χ4v) is 4.21. The van der Waals surface area contributed by atoms with Crippen molar-refractivity contribution in [3.05, 3.63) is 89.2 Å². The monoisotopic (exact) mass is 530 g/mol. The molecule has 0 unspecified atom stereocenters. The average molecular weight is 531 g/mol. The van der Waals surface area contributed by atoms with E-state index in [1.807, 2.05) is 48.5 Å². The first kappa shape index (κ1) is 26.2.